The van der Waals surface area contributed by atoms with Crippen molar-refractivity contribution in [3.05, 3.63) is 0 Å². The summed E-state index contributed by atoms with van der Waals surface area (Å²) < 4.78 is 33.1. The van der Waals surface area contributed by atoms with Gasteiger partial charge in [0.15, 0.2) is 0 Å². The zero-order chi connectivity index (χ0) is 15.3. The zero-order valence-corrected chi connectivity index (χ0v) is 13.1. The molecule has 0 radical (unpaired) electrons. The predicted octanol–water partition coefficient (Wildman–Crippen LogP) is 0.385. The Morgan fingerprint density at radius 2 is 1.85 bits per heavy atom. The number of carboxylic acids is 1. The Labute approximate surface area is 120 Å². The number of carbonyl (C=O) groups is 1. The third-order valence-electron chi connectivity index (χ3n) is 3.51. The topological polar surface area (TPSA) is 87.1 Å². The second-order valence-electron chi connectivity index (χ2n) is 4.75. The van der Waals surface area contributed by atoms with Gasteiger partial charge >= 0.3 is 5.97 Å². The highest BCUT2D eigenvalue weighted by Crippen LogP contribution is 2.24. The van der Waals surface area contributed by atoms with E-state index in [0.29, 0.717) is 26.1 Å². The molecule has 1 N–H and O–H groups in total. The Morgan fingerprint density at radius 1 is 1.25 bits per heavy atom. The zero-order valence-electron chi connectivity index (χ0n) is 12.3. The van der Waals surface area contributed by atoms with Crippen molar-refractivity contribution in [2.24, 2.45) is 5.92 Å². The molecule has 1 rings (SSSR count). The first-order valence-electron chi connectivity index (χ1n) is 6.97. The van der Waals surface area contributed by atoms with Crippen LogP contribution >= 0.6 is 0 Å². The van der Waals surface area contributed by atoms with Crippen molar-refractivity contribution >= 4 is 16.2 Å². The van der Waals surface area contributed by atoms with Gasteiger partial charge in [0, 0.05) is 19.6 Å². The average molecular weight is 308 g/mol. The SMILES string of the molecule is CCCN(C1COCC1C(=O)O)S(=O)(=O)N(CC)CC. The molecule has 2 unspecified atom stereocenters. The largest absolute Gasteiger partial charge is 0.481 e. The van der Waals surface area contributed by atoms with Crippen LogP contribution in [0.1, 0.15) is 27.2 Å². The summed E-state index contributed by atoms with van der Waals surface area (Å²) in [6.07, 6.45) is 0.628. The molecule has 0 aromatic rings. The maximum Gasteiger partial charge on any atom is 0.310 e. The van der Waals surface area contributed by atoms with Crippen LogP contribution < -0.4 is 0 Å². The van der Waals surface area contributed by atoms with Gasteiger partial charge in [0.05, 0.1) is 25.2 Å². The van der Waals surface area contributed by atoms with Crippen molar-refractivity contribution in [3.8, 4) is 0 Å². The highest BCUT2D eigenvalue weighted by molar-refractivity contribution is 7.86. The monoisotopic (exact) mass is 308 g/mol. The molecule has 1 fully saturated rings. The van der Waals surface area contributed by atoms with E-state index < -0.39 is 28.1 Å². The number of hydrogen-bond donors (Lipinski definition) is 1. The van der Waals surface area contributed by atoms with Crippen LogP contribution in [0.2, 0.25) is 0 Å². The molecule has 0 saturated carbocycles. The number of nitrogens with zero attached hydrogens (tertiary/aromatic N) is 2. The Hall–Kier alpha value is -0.700. The van der Waals surface area contributed by atoms with Crippen LogP contribution in [0.25, 0.3) is 0 Å². The first-order chi connectivity index (χ1) is 9.39. The number of ether oxygens (including phenoxy) is 1. The molecule has 1 heterocycles. The van der Waals surface area contributed by atoms with Crippen molar-refractivity contribution in [2.45, 2.75) is 33.2 Å². The van der Waals surface area contributed by atoms with E-state index in [2.05, 4.69) is 0 Å². The third kappa shape index (κ3) is 3.49. The van der Waals surface area contributed by atoms with Gasteiger partial charge in [-0.25, -0.2) is 0 Å². The first kappa shape index (κ1) is 17.4. The fourth-order valence-electron chi connectivity index (χ4n) is 2.43. The van der Waals surface area contributed by atoms with E-state index in [-0.39, 0.29) is 13.2 Å². The van der Waals surface area contributed by atoms with Crippen LogP contribution in [0.15, 0.2) is 0 Å². The lowest BCUT2D eigenvalue weighted by Gasteiger charge is -2.33. The van der Waals surface area contributed by atoms with Crippen molar-refractivity contribution in [2.75, 3.05) is 32.8 Å². The van der Waals surface area contributed by atoms with Gasteiger partial charge in [0.25, 0.3) is 10.2 Å². The van der Waals surface area contributed by atoms with Crippen molar-refractivity contribution in [3.63, 3.8) is 0 Å². The minimum absolute atomic E-state index is 0.0635. The number of carboxylic acid groups (broad SMARTS) is 1. The summed E-state index contributed by atoms with van der Waals surface area (Å²) in [7, 11) is -3.65. The molecule has 0 bridgehead atoms. The van der Waals surface area contributed by atoms with Gasteiger partial charge in [0.2, 0.25) is 0 Å². The van der Waals surface area contributed by atoms with Crippen molar-refractivity contribution in [1.82, 2.24) is 8.61 Å². The molecule has 0 spiro atoms. The second kappa shape index (κ2) is 7.35. The lowest BCUT2D eigenvalue weighted by atomic mass is 10.0. The smallest absolute Gasteiger partial charge is 0.310 e. The van der Waals surface area contributed by atoms with E-state index >= 15 is 0 Å². The molecule has 8 heteroatoms. The Balaban J connectivity index is 3.07. The van der Waals surface area contributed by atoms with Crippen LogP contribution in [0.3, 0.4) is 0 Å². The van der Waals surface area contributed by atoms with Crippen molar-refractivity contribution in [1.29, 1.82) is 0 Å². The predicted molar refractivity (Wildman–Crippen MR) is 74.6 cm³/mol. The van der Waals surface area contributed by atoms with Crippen LogP contribution in [-0.2, 0) is 19.7 Å². The van der Waals surface area contributed by atoms with E-state index in [1.807, 2.05) is 6.92 Å². The highest BCUT2D eigenvalue weighted by Gasteiger charge is 2.43. The van der Waals surface area contributed by atoms with Gasteiger partial charge in [-0.2, -0.15) is 17.0 Å². The molecule has 20 heavy (non-hydrogen) atoms. The van der Waals surface area contributed by atoms with Crippen LogP contribution in [-0.4, -0.2) is 67.0 Å². The number of hydrogen-bond acceptors (Lipinski definition) is 4. The number of aliphatic carboxylic acids is 1. The van der Waals surface area contributed by atoms with Gasteiger partial charge in [-0.15, -0.1) is 0 Å². The Bertz CT molecular complexity index is 422. The standard InChI is InChI=1S/C12H24N2O5S/c1-4-7-14(20(17,18)13(5-2)6-3)11-9-19-8-10(11)12(15)16/h10-11H,4-9H2,1-3H3,(H,15,16). The molecule has 0 aliphatic carbocycles. The van der Waals surface area contributed by atoms with Crippen molar-refractivity contribution < 1.29 is 23.1 Å². The van der Waals surface area contributed by atoms with E-state index in [1.54, 1.807) is 13.8 Å². The fraction of sp³-hybridized carbons (Fsp3) is 0.917. The summed E-state index contributed by atoms with van der Waals surface area (Å²) >= 11 is 0. The second-order valence-corrected chi connectivity index (χ2v) is 6.63. The summed E-state index contributed by atoms with van der Waals surface area (Å²) in [6.45, 7) is 6.64. The van der Waals surface area contributed by atoms with Crippen LogP contribution in [0.5, 0.6) is 0 Å². The molecule has 1 aliphatic rings. The molecule has 0 amide bonds. The lowest BCUT2D eigenvalue weighted by Crippen LogP contribution is -2.52. The summed E-state index contributed by atoms with van der Waals surface area (Å²) in [4.78, 5) is 11.2. The van der Waals surface area contributed by atoms with Gasteiger partial charge in [-0.05, 0) is 6.42 Å². The van der Waals surface area contributed by atoms with Gasteiger partial charge in [0.1, 0.15) is 0 Å². The third-order valence-corrected chi connectivity index (χ3v) is 5.72. The van der Waals surface area contributed by atoms with Gasteiger partial charge in [-0.3, -0.25) is 4.79 Å². The molecule has 2 atom stereocenters. The summed E-state index contributed by atoms with van der Waals surface area (Å²) in [5.41, 5.74) is 0. The molecule has 1 saturated heterocycles. The molecule has 0 aromatic carbocycles. The summed E-state index contributed by atoms with van der Waals surface area (Å²) in [6, 6.07) is -0.627. The molecule has 118 valence electrons. The number of rotatable bonds is 8. The molecule has 0 aromatic heterocycles. The van der Waals surface area contributed by atoms with Crippen LogP contribution in [0.4, 0.5) is 0 Å². The van der Waals surface area contributed by atoms with E-state index in [9.17, 15) is 18.3 Å². The van der Waals surface area contributed by atoms with E-state index in [0.717, 1.165) is 0 Å². The summed E-state index contributed by atoms with van der Waals surface area (Å²) in [5, 5.41) is 9.20. The summed E-state index contributed by atoms with van der Waals surface area (Å²) in [5.74, 6) is -1.81. The minimum atomic E-state index is -3.65. The van der Waals surface area contributed by atoms with E-state index in [4.69, 9.17) is 4.74 Å². The molecule has 1 aliphatic heterocycles. The van der Waals surface area contributed by atoms with Crippen LogP contribution in [0, 0.1) is 5.92 Å². The minimum Gasteiger partial charge on any atom is -0.481 e. The first-order valence-corrected chi connectivity index (χ1v) is 8.37. The van der Waals surface area contributed by atoms with Gasteiger partial charge in [-0.1, -0.05) is 20.8 Å². The normalized spacial score (nSPS) is 23.6. The Morgan fingerprint density at radius 3 is 2.30 bits per heavy atom. The lowest BCUT2D eigenvalue weighted by molar-refractivity contribution is -0.142. The highest BCUT2D eigenvalue weighted by atomic mass is 32.2. The molecular formula is C12H24N2O5S. The maximum atomic E-state index is 12.6. The Kier molecular flexibility index (Phi) is 6.38. The fourth-order valence-corrected chi connectivity index (χ4v) is 4.35. The maximum absolute atomic E-state index is 12.6. The van der Waals surface area contributed by atoms with E-state index in [1.165, 1.54) is 8.61 Å². The van der Waals surface area contributed by atoms with Gasteiger partial charge < -0.3 is 9.84 Å². The molecule has 7 nitrogen and oxygen atoms in total. The molecular weight excluding hydrogens is 284 g/mol. The quantitative estimate of drug-likeness (QED) is 0.700. The average Bonchev–Trinajstić information content (AvgIpc) is 2.85.